The highest BCUT2D eigenvalue weighted by atomic mass is 16.3. The Labute approximate surface area is 300 Å². The Morgan fingerprint density at radius 3 is 1.65 bits per heavy atom. The lowest BCUT2D eigenvalue weighted by Gasteiger charge is -2.34. The number of nitrogens with zero attached hydrogens (tertiary/aromatic N) is 1. The van der Waals surface area contributed by atoms with Crippen LogP contribution in [0.2, 0.25) is 0 Å². The highest BCUT2D eigenvalue weighted by molar-refractivity contribution is 6.14. The smallest absolute Gasteiger partial charge is 0.137 e. The van der Waals surface area contributed by atoms with E-state index in [1.54, 1.807) is 0 Å². The van der Waals surface area contributed by atoms with Crippen molar-refractivity contribution in [1.82, 2.24) is 0 Å². The van der Waals surface area contributed by atoms with Gasteiger partial charge in [0.05, 0.1) is 16.5 Å². The SMILES string of the molecule is c1ccc(C2(c3ccc(N(c4ccc5c(c4)oc4ccccc45)c4cccc5oc6ccccc6c45)cc3)c3ccccc3-c3ccccc32)cc1. The zero-order chi connectivity index (χ0) is 34.2. The van der Waals surface area contributed by atoms with Crippen molar-refractivity contribution in [2.75, 3.05) is 4.90 Å². The van der Waals surface area contributed by atoms with E-state index in [-0.39, 0.29) is 0 Å². The quantitative estimate of drug-likeness (QED) is 0.183. The molecule has 8 aromatic carbocycles. The average Bonchev–Trinajstić information content (AvgIpc) is 3.87. The van der Waals surface area contributed by atoms with Crippen LogP contribution in [-0.4, -0.2) is 0 Å². The summed E-state index contributed by atoms with van der Waals surface area (Å²) in [6.07, 6.45) is 0. The molecule has 3 heteroatoms. The fourth-order valence-corrected chi connectivity index (χ4v) is 8.80. The van der Waals surface area contributed by atoms with Gasteiger partial charge in [0.15, 0.2) is 0 Å². The molecule has 0 N–H and O–H groups in total. The van der Waals surface area contributed by atoms with Gasteiger partial charge in [0.25, 0.3) is 0 Å². The van der Waals surface area contributed by atoms with Crippen LogP contribution in [0.3, 0.4) is 0 Å². The molecule has 2 heterocycles. The van der Waals surface area contributed by atoms with Crippen LogP contribution in [0.5, 0.6) is 0 Å². The van der Waals surface area contributed by atoms with Crippen molar-refractivity contribution in [3.63, 3.8) is 0 Å². The number of anilines is 3. The van der Waals surface area contributed by atoms with Gasteiger partial charge in [-0.3, -0.25) is 0 Å². The molecule has 0 radical (unpaired) electrons. The lowest BCUT2D eigenvalue weighted by Crippen LogP contribution is -2.28. The molecule has 11 rings (SSSR count). The molecule has 10 aromatic rings. The normalized spacial score (nSPS) is 13.2. The van der Waals surface area contributed by atoms with E-state index in [9.17, 15) is 0 Å². The molecule has 0 amide bonds. The molecular formula is C49H31NO2. The van der Waals surface area contributed by atoms with Crippen LogP contribution in [0.4, 0.5) is 17.1 Å². The first kappa shape index (κ1) is 28.9. The van der Waals surface area contributed by atoms with E-state index in [1.807, 2.05) is 24.3 Å². The first-order valence-electron chi connectivity index (χ1n) is 17.8. The van der Waals surface area contributed by atoms with Crippen molar-refractivity contribution < 1.29 is 8.83 Å². The summed E-state index contributed by atoms with van der Waals surface area (Å²) in [6, 6.07) is 67.3. The number of para-hydroxylation sites is 2. The van der Waals surface area contributed by atoms with Crippen LogP contribution >= 0.6 is 0 Å². The minimum Gasteiger partial charge on any atom is -0.456 e. The number of rotatable bonds is 5. The van der Waals surface area contributed by atoms with Gasteiger partial charge >= 0.3 is 0 Å². The second-order valence-electron chi connectivity index (χ2n) is 13.6. The first-order chi connectivity index (χ1) is 25.8. The molecule has 52 heavy (non-hydrogen) atoms. The summed E-state index contributed by atoms with van der Waals surface area (Å²) in [5, 5.41) is 4.38. The Kier molecular flexibility index (Phi) is 6.17. The lowest BCUT2D eigenvalue weighted by atomic mass is 9.68. The van der Waals surface area contributed by atoms with Crippen molar-refractivity contribution >= 4 is 60.9 Å². The van der Waals surface area contributed by atoms with Gasteiger partial charge in [-0.1, -0.05) is 133 Å². The van der Waals surface area contributed by atoms with Gasteiger partial charge in [-0.25, -0.2) is 0 Å². The van der Waals surface area contributed by atoms with Crippen LogP contribution in [0.1, 0.15) is 22.3 Å². The molecule has 2 aromatic heterocycles. The van der Waals surface area contributed by atoms with Crippen molar-refractivity contribution in [3.05, 3.63) is 210 Å². The zero-order valence-corrected chi connectivity index (χ0v) is 28.2. The van der Waals surface area contributed by atoms with Crippen LogP contribution in [-0.2, 0) is 5.41 Å². The topological polar surface area (TPSA) is 29.5 Å². The van der Waals surface area contributed by atoms with Crippen molar-refractivity contribution in [2.45, 2.75) is 5.41 Å². The molecular weight excluding hydrogens is 635 g/mol. The maximum absolute atomic E-state index is 6.43. The van der Waals surface area contributed by atoms with Crippen molar-refractivity contribution in [3.8, 4) is 11.1 Å². The van der Waals surface area contributed by atoms with E-state index in [1.165, 1.54) is 33.4 Å². The van der Waals surface area contributed by atoms with Gasteiger partial charge in [-0.15, -0.1) is 0 Å². The standard InChI is InChI=1S/C49H31NO2/c1-2-13-32(14-3-1)49(41-19-8-4-15-36(41)37-16-5-9-20-42(37)49)33-25-27-34(28-26-33)50(35-29-30-39-38-17-6-10-22-44(38)52-47(39)31-35)43-21-12-24-46-48(43)40-18-7-11-23-45(40)51-46/h1-31H. The molecule has 0 saturated carbocycles. The highest BCUT2D eigenvalue weighted by Crippen LogP contribution is 2.56. The third kappa shape index (κ3) is 4.02. The largest absolute Gasteiger partial charge is 0.456 e. The summed E-state index contributed by atoms with van der Waals surface area (Å²) in [5.74, 6) is 0. The van der Waals surface area contributed by atoms with Gasteiger partial charge in [0.2, 0.25) is 0 Å². The van der Waals surface area contributed by atoms with Crippen LogP contribution in [0.25, 0.3) is 55.0 Å². The third-order valence-corrected chi connectivity index (χ3v) is 11.0. The van der Waals surface area contributed by atoms with E-state index in [2.05, 4.69) is 169 Å². The molecule has 0 unspecified atom stereocenters. The minimum atomic E-state index is -0.467. The molecule has 1 aliphatic carbocycles. The van der Waals surface area contributed by atoms with E-state index in [0.717, 1.165) is 60.9 Å². The number of benzene rings is 8. The molecule has 3 nitrogen and oxygen atoms in total. The van der Waals surface area contributed by atoms with Gasteiger partial charge < -0.3 is 13.7 Å². The molecule has 0 atom stereocenters. The van der Waals surface area contributed by atoms with E-state index in [4.69, 9.17) is 8.83 Å². The van der Waals surface area contributed by atoms with Crippen molar-refractivity contribution in [1.29, 1.82) is 0 Å². The van der Waals surface area contributed by atoms with Gasteiger partial charge in [-0.2, -0.15) is 0 Å². The molecule has 0 fully saturated rings. The van der Waals surface area contributed by atoms with Crippen LogP contribution < -0.4 is 4.90 Å². The predicted molar refractivity (Wildman–Crippen MR) is 213 cm³/mol. The lowest BCUT2D eigenvalue weighted by molar-refractivity contribution is 0.669. The number of fused-ring (bicyclic) bond motifs is 9. The Bertz CT molecular complexity index is 2920. The molecule has 1 aliphatic rings. The van der Waals surface area contributed by atoms with E-state index in [0.29, 0.717) is 0 Å². The Morgan fingerprint density at radius 2 is 0.904 bits per heavy atom. The fraction of sp³-hybridized carbons (Fsp3) is 0.0204. The molecule has 0 bridgehead atoms. The van der Waals surface area contributed by atoms with E-state index < -0.39 is 5.41 Å². The summed E-state index contributed by atoms with van der Waals surface area (Å²) in [5.41, 5.74) is 13.7. The summed E-state index contributed by atoms with van der Waals surface area (Å²) >= 11 is 0. The van der Waals surface area contributed by atoms with Crippen molar-refractivity contribution in [2.24, 2.45) is 0 Å². The zero-order valence-electron chi connectivity index (χ0n) is 28.2. The monoisotopic (exact) mass is 665 g/mol. The fourth-order valence-electron chi connectivity index (χ4n) is 8.80. The second kappa shape index (κ2) is 11.1. The third-order valence-electron chi connectivity index (χ3n) is 11.0. The van der Waals surface area contributed by atoms with Gasteiger partial charge in [0, 0.05) is 33.6 Å². The van der Waals surface area contributed by atoms with Crippen LogP contribution in [0.15, 0.2) is 197 Å². The maximum Gasteiger partial charge on any atom is 0.137 e. The summed E-state index contributed by atoms with van der Waals surface area (Å²) in [7, 11) is 0. The summed E-state index contributed by atoms with van der Waals surface area (Å²) < 4.78 is 12.8. The number of hydrogen-bond acceptors (Lipinski definition) is 3. The van der Waals surface area contributed by atoms with Gasteiger partial charge in [0.1, 0.15) is 22.3 Å². The first-order valence-corrected chi connectivity index (χ1v) is 17.8. The Morgan fingerprint density at radius 1 is 0.365 bits per heavy atom. The predicted octanol–water partition coefficient (Wildman–Crippen LogP) is 13.3. The highest BCUT2D eigenvalue weighted by Gasteiger charge is 2.45. The summed E-state index contributed by atoms with van der Waals surface area (Å²) in [4.78, 5) is 2.34. The number of hydrogen-bond donors (Lipinski definition) is 0. The Balaban J connectivity index is 1.15. The average molecular weight is 666 g/mol. The molecule has 244 valence electrons. The molecule has 0 saturated heterocycles. The second-order valence-corrected chi connectivity index (χ2v) is 13.6. The molecule has 0 spiro atoms. The Hall–Kier alpha value is -6.84. The van der Waals surface area contributed by atoms with Crippen LogP contribution in [0, 0.1) is 0 Å². The minimum absolute atomic E-state index is 0.467. The summed E-state index contributed by atoms with van der Waals surface area (Å²) in [6.45, 7) is 0. The van der Waals surface area contributed by atoms with Gasteiger partial charge in [-0.05, 0) is 81.9 Å². The van der Waals surface area contributed by atoms with E-state index >= 15 is 0 Å². The number of furan rings is 2. The molecule has 0 aliphatic heterocycles. The maximum atomic E-state index is 6.43.